The predicted octanol–water partition coefficient (Wildman–Crippen LogP) is 9.34. The van der Waals surface area contributed by atoms with E-state index in [1.807, 2.05) is 72.8 Å². The fourth-order valence-corrected chi connectivity index (χ4v) is 5.33. The first kappa shape index (κ1) is 31.5. The molecule has 50 heavy (non-hydrogen) atoms. The molecule has 12 heteroatoms. The molecule has 0 unspecified atom stereocenters. The number of benzene rings is 5. The molecule has 0 N–H and O–H groups in total. The van der Waals surface area contributed by atoms with Gasteiger partial charge in [-0.2, -0.15) is 0 Å². The highest BCUT2D eigenvalue weighted by molar-refractivity contribution is 6.06. The summed E-state index contributed by atoms with van der Waals surface area (Å²) in [5.74, 6) is 1.71. The molecule has 12 nitrogen and oxygen atoms in total. The van der Waals surface area contributed by atoms with Crippen molar-refractivity contribution in [3.8, 4) is 34.5 Å². The SMILES string of the molecule is O=[N+]([O-])c1ccc(Oc2ccnc3c2ccc2c(Oc4ccc([N+](=O)[O-])c(OCc5ccccc5)c4)ccnc23)cc1OCc1ccccc1. The van der Waals surface area contributed by atoms with Crippen LogP contribution in [0.1, 0.15) is 11.1 Å². The van der Waals surface area contributed by atoms with Gasteiger partial charge in [-0.3, -0.25) is 30.2 Å². The molecule has 2 aromatic heterocycles. The summed E-state index contributed by atoms with van der Waals surface area (Å²) in [6.07, 6.45) is 3.16. The van der Waals surface area contributed by atoms with E-state index in [0.29, 0.717) is 44.8 Å². The van der Waals surface area contributed by atoms with Crippen LogP contribution in [0, 0.1) is 20.2 Å². The Morgan fingerprint density at radius 1 is 0.500 bits per heavy atom. The van der Waals surface area contributed by atoms with E-state index < -0.39 is 9.85 Å². The van der Waals surface area contributed by atoms with Crippen molar-refractivity contribution >= 4 is 33.2 Å². The van der Waals surface area contributed by atoms with Crippen LogP contribution in [0.5, 0.6) is 34.5 Å². The summed E-state index contributed by atoms with van der Waals surface area (Å²) in [7, 11) is 0. The number of nitrogens with zero attached hydrogens (tertiary/aromatic N) is 4. The van der Waals surface area contributed by atoms with Gasteiger partial charge in [-0.05, 0) is 47.5 Å². The highest BCUT2D eigenvalue weighted by Crippen LogP contribution is 2.40. The summed E-state index contributed by atoms with van der Waals surface area (Å²) in [6.45, 7) is 0.292. The average Bonchev–Trinajstić information content (AvgIpc) is 3.14. The molecule has 0 aliphatic rings. The van der Waals surface area contributed by atoms with Gasteiger partial charge < -0.3 is 18.9 Å². The number of pyridine rings is 2. The van der Waals surface area contributed by atoms with E-state index in [1.165, 1.54) is 36.4 Å². The molecule has 0 aliphatic heterocycles. The maximum absolute atomic E-state index is 11.7. The van der Waals surface area contributed by atoms with Crippen molar-refractivity contribution in [2.75, 3.05) is 0 Å². The lowest BCUT2D eigenvalue weighted by Crippen LogP contribution is -2.00. The lowest BCUT2D eigenvalue weighted by atomic mass is 10.1. The molecule has 0 radical (unpaired) electrons. The third-order valence-electron chi connectivity index (χ3n) is 7.73. The Hall–Kier alpha value is -7.08. The van der Waals surface area contributed by atoms with Gasteiger partial charge in [0.05, 0.1) is 9.85 Å². The zero-order chi connectivity index (χ0) is 34.5. The van der Waals surface area contributed by atoms with Crippen molar-refractivity contribution in [1.29, 1.82) is 0 Å². The van der Waals surface area contributed by atoms with E-state index in [-0.39, 0.29) is 36.1 Å². The molecule has 0 amide bonds. The van der Waals surface area contributed by atoms with Crippen LogP contribution in [-0.2, 0) is 13.2 Å². The first-order chi connectivity index (χ1) is 24.4. The Morgan fingerprint density at radius 2 is 0.920 bits per heavy atom. The first-order valence-electron chi connectivity index (χ1n) is 15.4. The Balaban J connectivity index is 1.17. The van der Waals surface area contributed by atoms with E-state index in [1.54, 1.807) is 24.5 Å². The standard InChI is InChI=1S/C38H26N4O8/c43-41(44)31-15-11-27(21-35(31)47-23-25-7-3-1-4-8-25)49-33-17-19-39-37-29(33)13-14-30-34(18-20-40-38(30)37)50-28-12-16-32(42(45)46)36(22-28)48-24-26-9-5-2-6-10-26/h1-22H,23-24H2. The lowest BCUT2D eigenvalue weighted by Gasteiger charge is -2.14. The Labute approximate surface area is 284 Å². The van der Waals surface area contributed by atoms with Crippen LogP contribution >= 0.6 is 0 Å². The highest BCUT2D eigenvalue weighted by atomic mass is 16.6. The zero-order valence-electron chi connectivity index (χ0n) is 26.2. The van der Waals surface area contributed by atoms with Crippen LogP contribution in [0.4, 0.5) is 11.4 Å². The molecular formula is C38H26N4O8. The molecule has 0 atom stereocenters. The second-order valence-electron chi connectivity index (χ2n) is 11.0. The minimum atomic E-state index is -0.501. The molecule has 2 heterocycles. The van der Waals surface area contributed by atoms with Gasteiger partial charge >= 0.3 is 11.4 Å². The number of rotatable bonds is 12. The van der Waals surface area contributed by atoms with E-state index in [4.69, 9.17) is 18.9 Å². The minimum Gasteiger partial charge on any atom is -0.482 e. The smallest absolute Gasteiger partial charge is 0.311 e. The Bertz CT molecular complexity index is 2190. The van der Waals surface area contributed by atoms with E-state index in [2.05, 4.69) is 9.97 Å². The third kappa shape index (κ3) is 6.80. The second kappa shape index (κ2) is 14.0. The van der Waals surface area contributed by atoms with Gasteiger partial charge in [0, 0.05) is 47.4 Å². The molecule has 0 saturated heterocycles. The number of fused-ring (bicyclic) bond motifs is 3. The molecule has 0 saturated carbocycles. The summed E-state index contributed by atoms with van der Waals surface area (Å²) in [4.78, 5) is 31.6. The summed E-state index contributed by atoms with van der Waals surface area (Å²) in [5, 5.41) is 24.7. The van der Waals surface area contributed by atoms with Crippen molar-refractivity contribution in [3.05, 3.63) is 165 Å². The van der Waals surface area contributed by atoms with Crippen molar-refractivity contribution in [1.82, 2.24) is 9.97 Å². The number of aromatic nitrogens is 2. The van der Waals surface area contributed by atoms with Crippen LogP contribution in [0.15, 0.2) is 134 Å². The molecule has 7 rings (SSSR count). The van der Waals surface area contributed by atoms with Gasteiger partial charge in [0.25, 0.3) is 0 Å². The van der Waals surface area contributed by atoms with Crippen molar-refractivity contribution in [2.24, 2.45) is 0 Å². The fraction of sp³-hybridized carbons (Fsp3) is 0.0526. The van der Waals surface area contributed by atoms with Crippen LogP contribution in [0.3, 0.4) is 0 Å². The Morgan fingerprint density at radius 3 is 1.32 bits per heavy atom. The largest absolute Gasteiger partial charge is 0.482 e. The van der Waals surface area contributed by atoms with E-state index >= 15 is 0 Å². The van der Waals surface area contributed by atoms with Gasteiger partial charge in [-0.1, -0.05) is 60.7 Å². The number of hydrogen-bond donors (Lipinski definition) is 0. The minimum absolute atomic E-state index is 0.0727. The van der Waals surface area contributed by atoms with Crippen molar-refractivity contribution in [2.45, 2.75) is 13.2 Å². The number of hydrogen-bond acceptors (Lipinski definition) is 10. The van der Waals surface area contributed by atoms with Gasteiger partial charge in [0.2, 0.25) is 11.5 Å². The average molecular weight is 667 g/mol. The number of nitro groups is 2. The lowest BCUT2D eigenvalue weighted by molar-refractivity contribution is -0.386. The molecule has 0 bridgehead atoms. The zero-order valence-corrected chi connectivity index (χ0v) is 26.2. The molecule has 7 aromatic rings. The summed E-state index contributed by atoms with van der Waals surface area (Å²) in [6, 6.07) is 34.4. The van der Waals surface area contributed by atoms with Gasteiger partial charge in [0.15, 0.2) is 0 Å². The number of ether oxygens (including phenoxy) is 4. The fourth-order valence-electron chi connectivity index (χ4n) is 5.33. The van der Waals surface area contributed by atoms with Crippen LogP contribution in [0.25, 0.3) is 21.8 Å². The van der Waals surface area contributed by atoms with Crippen molar-refractivity contribution in [3.63, 3.8) is 0 Å². The molecular weight excluding hydrogens is 640 g/mol. The molecule has 5 aromatic carbocycles. The topological polar surface area (TPSA) is 149 Å². The highest BCUT2D eigenvalue weighted by Gasteiger charge is 2.20. The van der Waals surface area contributed by atoms with Crippen LogP contribution < -0.4 is 18.9 Å². The third-order valence-corrected chi connectivity index (χ3v) is 7.73. The van der Waals surface area contributed by atoms with E-state index in [0.717, 1.165) is 11.1 Å². The van der Waals surface area contributed by atoms with Gasteiger partial charge in [-0.25, -0.2) is 0 Å². The molecule has 0 fully saturated rings. The monoisotopic (exact) mass is 666 g/mol. The molecule has 0 spiro atoms. The summed E-state index contributed by atoms with van der Waals surface area (Å²) >= 11 is 0. The quantitative estimate of drug-likeness (QED) is 0.0701. The molecule has 246 valence electrons. The summed E-state index contributed by atoms with van der Waals surface area (Å²) in [5.41, 5.74) is 2.42. The van der Waals surface area contributed by atoms with Gasteiger partial charge in [0.1, 0.15) is 47.2 Å². The second-order valence-corrected chi connectivity index (χ2v) is 11.0. The summed E-state index contributed by atoms with van der Waals surface area (Å²) < 4.78 is 24.1. The van der Waals surface area contributed by atoms with Crippen molar-refractivity contribution < 1.29 is 28.8 Å². The first-order valence-corrected chi connectivity index (χ1v) is 15.4. The number of nitro benzene ring substituents is 2. The van der Waals surface area contributed by atoms with Crippen LogP contribution in [-0.4, -0.2) is 19.8 Å². The predicted molar refractivity (Wildman–Crippen MR) is 185 cm³/mol. The molecule has 0 aliphatic carbocycles. The normalized spacial score (nSPS) is 10.9. The Kier molecular flexibility index (Phi) is 8.80. The maximum atomic E-state index is 11.7. The van der Waals surface area contributed by atoms with Gasteiger partial charge in [-0.15, -0.1) is 0 Å². The maximum Gasteiger partial charge on any atom is 0.311 e. The van der Waals surface area contributed by atoms with Crippen LogP contribution in [0.2, 0.25) is 0 Å². The van der Waals surface area contributed by atoms with E-state index in [9.17, 15) is 20.2 Å².